The maximum atomic E-state index is 14.2. The number of carbonyl (C=O) groups is 2. The summed E-state index contributed by atoms with van der Waals surface area (Å²) < 4.78 is 34.5. The number of benzene rings is 1. The van der Waals surface area contributed by atoms with Crippen molar-refractivity contribution >= 4 is 12.3 Å². The summed E-state index contributed by atoms with van der Waals surface area (Å²) in [7, 11) is 3.87. The number of likely N-dealkylation sites (N-methyl/N-ethyl adjacent to an activating group) is 1. The van der Waals surface area contributed by atoms with Crippen LogP contribution in [0.1, 0.15) is 138 Å². The van der Waals surface area contributed by atoms with Gasteiger partial charge in [-0.05, 0) is 82.9 Å². The van der Waals surface area contributed by atoms with E-state index in [4.69, 9.17) is 9.53 Å². The number of halogens is 2. The van der Waals surface area contributed by atoms with Gasteiger partial charge in [-0.2, -0.15) is 0 Å². The number of terminal acetylenes is 1. The minimum atomic E-state index is -2.89. The first-order chi connectivity index (χ1) is 28.6. The van der Waals surface area contributed by atoms with E-state index in [0.717, 1.165) is 49.6 Å². The molecule has 0 radical (unpaired) electrons. The van der Waals surface area contributed by atoms with Gasteiger partial charge in [-0.25, -0.2) is 8.78 Å². The number of nitrogens with two attached hydrogens (primary N) is 1. The molecule has 5 N–H and O–H groups in total. The minimum Gasteiger partial charge on any atom is -0.474 e. The molecular weight excluding hydrogens is 771 g/mol. The van der Waals surface area contributed by atoms with Gasteiger partial charge in [0, 0.05) is 50.6 Å². The zero-order valence-corrected chi connectivity index (χ0v) is 39.8. The summed E-state index contributed by atoms with van der Waals surface area (Å²) in [5.74, 6) is -2.04. The Morgan fingerprint density at radius 2 is 1.51 bits per heavy atom. The lowest BCUT2D eigenvalue weighted by Crippen LogP contribution is -2.51. The van der Waals surface area contributed by atoms with Crippen molar-refractivity contribution in [2.24, 2.45) is 17.6 Å². The molecule has 0 aromatic heterocycles. The average Bonchev–Trinajstić information content (AvgIpc) is 3.60. The summed E-state index contributed by atoms with van der Waals surface area (Å²) in [4.78, 5) is 26.9. The van der Waals surface area contributed by atoms with Crippen LogP contribution in [0.15, 0.2) is 91.8 Å². The summed E-state index contributed by atoms with van der Waals surface area (Å²) >= 11 is 0. The predicted octanol–water partition coefficient (Wildman–Crippen LogP) is 10.6. The van der Waals surface area contributed by atoms with Gasteiger partial charge in [0.2, 0.25) is 18.2 Å². The standard InChI is InChI=1S/C42H65F2N5O2.C3H8.C2H6.C2H2.CH3NO/c1-28-25-37(49(27-28)32(5)39(35-21-17-14-18-22-35)46-33(6)51-41(7,8)9)40(50)47-36(23-24-42(10,43)44)29(2)26-30(3)45-38(31(4)48(11)12)34-19-15-13-16-20-34;1-3-2;2*1-2;2-1-3/h13,15-16,19-20,28,35-39,45-46H,2-6,14,17-18,21-27H2,1,7-12H3,(H,47,50);3H2,1-2H3;1-2H3;1-2H;1H,(H2,2,3)/t28-,36?,37?,38?,39?;;;;/m1..../s1. The Kier molecular flexibility index (Phi) is 29.0. The number of ether oxygens (including phenoxy) is 1. The van der Waals surface area contributed by atoms with E-state index in [9.17, 15) is 13.6 Å². The maximum absolute atomic E-state index is 14.2. The molecule has 61 heavy (non-hydrogen) atoms. The fourth-order valence-electron chi connectivity index (χ4n) is 7.26. The molecule has 1 aliphatic carbocycles. The molecule has 2 fully saturated rings. The largest absolute Gasteiger partial charge is 0.474 e. The van der Waals surface area contributed by atoms with Crippen LogP contribution in [-0.2, 0) is 14.3 Å². The lowest BCUT2D eigenvalue weighted by atomic mass is 9.82. The summed E-state index contributed by atoms with van der Waals surface area (Å²) in [6, 6.07) is 8.37. The minimum absolute atomic E-state index is 0.0489. The van der Waals surface area contributed by atoms with Crippen LogP contribution in [0.4, 0.5) is 8.78 Å². The van der Waals surface area contributed by atoms with Crippen LogP contribution >= 0.6 is 0 Å². The lowest BCUT2D eigenvalue weighted by molar-refractivity contribution is -0.125. The molecule has 346 valence electrons. The van der Waals surface area contributed by atoms with Crippen LogP contribution in [0, 0.1) is 24.7 Å². The Balaban J connectivity index is 0. The van der Waals surface area contributed by atoms with E-state index in [1.807, 2.05) is 83.9 Å². The quantitative estimate of drug-likeness (QED) is 0.0475. The van der Waals surface area contributed by atoms with Gasteiger partial charge in [-0.1, -0.05) is 117 Å². The summed E-state index contributed by atoms with van der Waals surface area (Å²) in [5.41, 5.74) is 7.72. The zero-order chi connectivity index (χ0) is 47.5. The molecule has 3 rings (SSSR count). The van der Waals surface area contributed by atoms with Gasteiger partial charge in [0.1, 0.15) is 11.6 Å². The van der Waals surface area contributed by atoms with Crippen LogP contribution in [0.3, 0.4) is 0 Å². The Morgan fingerprint density at radius 3 is 1.98 bits per heavy atom. The Bertz CT molecular complexity index is 1490. The number of nitrogens with zero attached hydrogens (tertiary/aromatic N) is 2. The van der Waals surface area contributed by atoms with Gasteiger partial charge in [0.15, 0.2) is 5.88 Å². The predicted molar refractivity (Wildman–Crippen MR) is 254 cm³/mol. The van der Waals surface area contributed by atoms with E-state index in [1.54, 1.807) is 0 Å². The number of amides is 2. The SMILES string of the molecule is C#C.C=C(CC(=C)C(CCC(C)(F)F)NC(=O)C1C[C@@H](C)CN1C(=C)C(NC(=C)OC(C)(C)C)C1CCCCC1)NC(C(=C)N(C)C)c1ccccc1.CC.CCC.NC=O. The topological polar surface area (TPSA) is 112 Å². The summed E-state index contributed by atoms with van der Waals surface area (Å²) in [5, 5.41) is 10.2. The molecule has 0 spiro atoms. The number of hydrogen-bond donors (Lipinski definition) is 4. The Labute approximate surface area is 370 Å². The first-order valence-corrected chi connectivity index (χ1v) is 21.9. The lowest BCUT2D eigenvalue weighted by Gasteiger charge is -2.39. The smallest absolute Gasteiger partial charge is 0.245 e. The molecule has 1 aromatic rings. The Hall–Kier alpha value is -4.72. The first kappa shape index (κ1) is 58.4. The molecule has 1 aromatic carbocycles. The normalized spacial score (nSPS) is 17.4. The Morgan fingerprint density at radius 1 is 0.984 bits per heavy atom. The van der Waals surface area contributed by atoms with E-state index in [2.05, 4.69) is 93.1 Å². The van der Waals surface area contributed by atoms with E-state index >= 15 is 0 Å². The van der Waals surface area contributed by atoms with Gasteiger partial charge < -0.3 is 36.2 Å². The van der Waals surface area contributed by atoms with Crippen molar-refractivity contribution in [3.05, 3.63) is 97.3 Å². The molecule has 1 saturated carbocycles. The molecule has 0 bridgehead atoms. The molecule has 11 heteroatoms. The molecule has 1 heterocycles. The van der Waals surface area contributed by atoms with E-state index in [0.29, 0.717) is 42.5 Å². The third kappa shape index (κ3) is 23.2. The van der Waals surface area contributed by atoms with Crippen molar-refractivity contribution in [3.8, 4) is 12.8 Å². The van der Waals surface area contributed by atoms with Crippen molar-refractivity contribution in [1.82, 2.24) is 25.8 Å². The van der Waals surface area contributed by atoms with Gasteiger partial charge in [-0.3, -0.25) is 9.59 Å². The highest BCUT2D eigenvalue weighted by molar-refractivity contribution is 5.83. The average molecular weight is 855 g/mol. The molecule has 1 saturated heterocycles. The number of rotatable bonds is 19. The number of alkyl halides is 2. The fourth-order valence-corrected chi connectivity index (χ4v) is 7.26. The van der Waals surface area contributed by atoms with E-state index in [-0.39, 0.29) is 43.2 Å². The molecule has 9 nitrogen and oxygen atoms in total. The number of likely N-dealkylation sites (tertiary alicyclic amines) is 1. The molecule has 4 unspecified atom stereocenters. The maximum Gasteiger partial charge on any atom is 0.245 e. The number of primary amides is 1. The third-order valence-electron chi connectivity index (χ3n) is 9.92. The first-order valence-electron chi connectivity index (χ1n) is 21.9. The van der Waals surface area contributed by atoms with E-state index < -0.39 is 23.6 Å². The number of carbonyl (C=O) groups excluding carboxylic acids is 2. The van der Waals surface area contributed by atoms with E-state index in [1.165, 1.54) is 12.8 Å². The molecule has 2 amide bonds. The highest BCUT2D eigenvalue weighted by Gasteiger charge is 2.40. The highest BCUT2D eigenvalue weighted by atomic mass is 19.3. The number of nitrogens with one attached hydrogen (secondary N) is 3. The van der Waals surface area contributed by atoms with Crippen LogP contribution in [0.5, 0.6) is 0 Å². The van der Waals surface area contributed by atoms with Crippen molar-refractivity contribution in [3.63, 3.8) is 0 Å². The van der Waals surface area contributed by atoms with Crippen LogP contribution in [0.2, 0.25) is 0 Å². The second-order valence-electron chi connectivity index (χ2n) is 17.0. The second-order valence-corrected chi connectivity index (χ2v) is 17.0. The summed E-state index contributed by atoms with van der Waals surface area (Å²) in [6.07, 6.45) is 15.7. The van der Waals surface area contributed by atoms with Gasteiger partial charge >= 0.3 is 0 Å². The van der Waals surface area contributed by atoms with Crippen LogP contribution < -0.4 is 21.7 Å². The van der Waals surface area contributed by atoms with Crippen molar-refractivity contribution in [2.75, 3.05) is 20.6 Å². The van der Waals surface area contributed by atoms with Crippen LogP contribution in [0.25, 0.3) is 0 Å². The number of hydrogen-bond acceptors (Lipinski definition) is 7. The van der Waals surface area contributed by atoms with Crippen molar-refractivity contribution in [2.45, 2.75) is 162 Å². The molecular formula is C50H84F2N6O3. The van der Waals surface area contributed by atoms with Crippen molar-refractivity contribution in [1.29, 1.82) is 0 Å². The van der Waals surface area contributed by atoms with Gasteiger partial charge in [0.25, 0.3) is 0 Å². The molecule has 5 atom stereocenters. The van der Waals surface area contributed by atoms with Crippen molar-refractivity contribution < 1.29 is 23.1 Å². The van der Waals surface area contributed by atoms with Gasteiger partial charge in [0.05, 0.1) is 18.1 Å². The van der Waals surface area contributed by atoms with Crippen LogP contribution in [-0.4, -0.2) is 72.4 Å². The fraction of sp³-hybridized carbons (Fsp3) is 0.600. The van der Waals surface area contributed by atoms with Gasteiger partial charge in [-0.15, -0.1) is 12.8 Å². The second kappa shape index (κ2) is 30.3. The zero-order valence-electron chi connectivity index (χ0n) is 39.8. The third-order valence-corrected chi connectivity index (χ3v) is 9.92. The number of allylic oxidation sites excluding steroid dienone is 1. The summed E-state index contributed by atoms with van der Waals surface area (Å²) in [6.45, 7) is 39.5. The monoisotopic (exact) mass is 855 g/mol. The highest BCUT2D eigenvalue weighted by Crippen LogP contribution is 2.35. The molecule has 1 aliphatic heterocycles. The molecule has 2 aliphatic rings.